The molecule has 1 aromatic carbocycles. The molecule has 0 unspecified atom stereocenters. The molecule has 7 heteroatoms. The summed E-state index contributed by atoms with van der Waals surface area (Å²) in [5.74, 6) is 0.328. The molecule has 1 aliphatic rings. The van der Waals surface area contributed by atoms with Gasteiger partial charge in [0.1, 0.15) is 11.9 Å². The average Bonchev–Trinajstić information content (AvgIpc) is 2.64. The van der Waals surface area contributed by atoms with E-state index in [0.717, 1.165) is 25.7 Å². The third kappa shape index (κ3) is 4.65. The number of hydrogen-bond acceptors (Lipinski definition) is 5. The van der Waals surface area contributed by atoms with Crippen LogP contribution in [0, 0.1) is 5.82 Å². The van der Waals surface area contributed by atoms with Gasteiger partial charge >= 0.3 is 0 Å². The SMILES string of the molecule is COc1cncc(OC2CCC(NC(=O)c3ccc(F)cc3)CC2)n1. The Labute approximate surface area is 145 Å². The molecule has 0 bridgehead atoms. The van der Waals surface area contributed by atoms with Gasteiger partial charge in [-0.1, -0.05) is 0 Å². The summed E-state index contributed by atoms with van der Waals surface area (Å²) in [5.41, 5.74) is 0.464. The van der Waals surface area contributed by atoms with Gasteiger partial charge in [-0.15, -0.1) is 0 Å². The van der Waals surface area contributed by atoms with Gasteiger partial charge in [-0.25, -0.2) is 4.39 Å². The molecule has 3 rings (SSSR count). The Bertz CT molecular complexity index is 716. The minimum atomic E-state index is -0.352. The van der Waals surface area contributed by atoms with Gasteiger partial charge in [-0.3, -0.25) is 9.78 Å². The third-order valence-corrected chi connectivity index (χ3v) is 4.20. The van der Waals surface area contributed by atoms with Gasteiger partial charge in [0.25, 0.3) is 5.91 Å². The molecule has 1 aliphatic carbocycles. The smallest absolute Gasteiger partial charge is 0.251 e. The summed E-state index contributed by atoms with van der Waals surface area (Å²) < 4.78 is 23.8. The molecule has 1 N–H and O–H groups in total. The lowest BCUT2D eigenvalue weighted by molar-refractivity contribution is 0.0889. The highest BCUT2D eigenvalue weighted by atomic mass is 19.1. The maximum atomic E-state index is 12.9. The van der Waals surface area contributed by atoms with Gasteiger partial charge in [0, 0.05) is 11.6 Å². The highest BCUT2D eigenvalue weighted by Gasteiger charge is 2.24. The first-order valence-corrected chi connectivity index (χ1v) is 8.23. The van der Waals surface area contributed by atoms with Crippen LogP contribution in [0.25, 0.3) is 0 Å². The number of rotatable bonds is 5. The minimum Gasteiger partial charge on any atom is -0.480 e. The van der Waals surface area contributed by atoms with Gasteiger partial charge in [0.2, 0.25) is 11.8 Å². The average molecular weight is 345 g/mol. The lowest BCUT2D eigenvalue weighted by Crippen LogP contribution is -2.39. The zero-order chi connectivity index (χ0) is 17.6. The standard InChI is InChI=1S/C18H20FN3O3/c1-24-16-10-20-11-17(22-16)25-15-8-6-14(7-9-15)21-18(23)12-2-4-13(19)5-3-12/h2-5,10-11,14-15H,6-9H2,1H3,(H,21,23). The zero-order valence-electron chi connectivity index (χ0n) is 13.9. The van der Waals surface area contributed by atoms with E-state index in [9.17, 15) is 9.18 Å². The molecule has 0 spiro atoms. The van der Waals surface area contributed by atoms with E-state index >= 15 is 0 Å². The van der Waals surface area contributed by atoms with E-state index in [1.165, 1.54) is 37.6 Å². The van der Waals surface area contributed by atoms with Gasteiger partial charge in [0.05, 0.1) is 19.5 Å². The van der Waals surface area contributed by atoms with Crippen LogP contribution in [0.1, 0.15) is 36.0 Å². The molecule has 0 radical (unpaired) electrons. The molecule has 1 fully saturated rings. The molecule has 1 saturated carbocycles. The summed E-state index contributed by atoms with van der Waals surface area (Å²) in [6.07, 6.45) is 6.38. The van der Waals surface area contributed by atoms with Crippen molar-refractivity contribution in [3.8, 4) is 11.8 Å². The number of carbonyl (C=O) groups excluding carboxylic acids is 1. The highest BCUT2D eigenvalue weighted by molar-refractivity contribution is 5.94. The fraction of sp³-hybridized carbons (Fsp3) is 0.389. The molecule has 0 saturated heterocycles. The maximum absolute atomic E-state index is 12.9. The lowest BCUT2D eigenvalue weighted by atomic mass is 9.92. The predicted molar refractivity (Wildman–Crippen MR) is 89.1 cm³/mol. The summed E-state index contributed by atoms with van der Waals surface area (Å²) in [4.78, 5) is 20.4. The summed E-state index contributed by atoms with van der Waals surface area (Å²) >= 11 is 0. The van der Waals surface area contributed by atoms with Crippen LogP contribution >= 0.6 is 0 Å². The second-order valence-corrected chi connectivity index (χ2v) is 5.97. The molecule has 1 amide bonds. The van der Waals surface area contributed by atoms with E-state index in [1.54, 1.807) is 6.20 Å². The molecule has 132 valence electrons. The molecule has 0 atom stereocenters. The Hall–Kier alpha value is -2.70. The van der Waals surface area contributed by atoms with E-state index in [0.29, 0.717) is 17.3 Å². The van der Waals surface area contributed by atoms with Gasteiger partial charge < -0.3 is 14.8 Å². The Morgan fingerprint density at radius 2 is 1.80 bits per heavy atom. The van der Waals surface area contributed by atoms with Crippen LogP contribution in [-0.4, -0.2) is 35.1 Å². The van der Waals surface area contributed by atoms with E-state index < -0.39 is 0 Å². The summed E-state index contributed by atoms with van der Waals surface area (Å²) in [5, 5.41) is 2.99. The van der Waals surface area contributed by atoms with Crippen LogP contribution in [0.2, 0.25) is 0 Å². The molecular weight excluding hydrogens is 325 g/mol. The Morgan fingerprint density at radius 1 is 1.12 bits per heavy atom. The van der Waals surface area contributed by atoms with Crippen molar-refractivity contribution < 1.29 is 18.7 Å². The monoisotopic (exact) mass is 345 g/mol. The van der Waals surface area contributed by atoms with Gasteiger partial charge in [-0.2, -0.15) is 4.98 Å². The van der Waals surface area contributed by atoms with E-state index in [1.807, 2.05) is 0 Å². The van der Waals surface area contributed by atoms with Crippen LogP contribution in [0.5, 0.6) is 11.8 Å². The number of aromatic nitrogens is 2. The fourth-order valence-corrected chi connectivity index (χ4v) is 2.85. The van der Waals surface area contributed by atoms with Gasteiger partial charge in [0.15, 0.2) is 0 Å². The number of ether oxygens (including phenoxy) is 2. The van der Waals surface area contributed by atoms with Crippen LogP contribution in [-0.2, 0) is 0 Å². The van der Waals surface area contributed by atoms with E-state index in [2.05, 4.69) is 15.3 Å². The molecule has 25 heavy (non-hydrogen) atoms. The Kier molecular flexibility index (Phi) is 5.42. The normalized spacial score (nSPS) is 19.9. The number of halogens is 1. The largest absolute Gasteiger partial charge is 0.480 e. The van der Waals surface area contributed by atoms with Crippen LogP contribution in [0.4, 0.5) is 4.39 Å². The second-order valence-electron chi connectivity index (χ2n) is 5.97. The summed E-state index contributed by atoms with van der Waals surface area (Å²) in [7, 11) is 1.53. The first kappa shape index (κ1) is 17.1. The molecule has 2 aromatic rings. The number of nitrogens with one attached hydrogen (secondary N) is 1. The number of hydrogen-bond donors (Lipinski definition) is 1. The maximum Gasteiger partial charge on any atom is 0.251 e. The van der Waals surface area contributed by atoms with E-state index in [-0.39, 0.29) is 23.9 Å². The highest BCUT2D eigenvalue weighted by Crippen LogP contribution is 2.23. The molecule has 1 heterocycles. The van der Waals surface area contributed by atoms with Crippen LogP contribution < -0.4 is 14.8 Å². The zero-order valence-corrected chi connectivity index (χ0v) is 13.9. The third-order valence-electron chi connectivity index (χ3n) is 4.20. The predicted octanol–water partition coefficient (Wildman–Crippen LogP) is 2.74. The lowest BCUT2D eigenvalue weighted by Gasteiger charge is -2.29. The summed E-state index contributed by atoms with van der Waals surface area (Å²) in [6.45, 7) is 0. The molecular formula is C18H20FN3O3. The van der Waals surface area contributed by atoms with Crippen molar-refractivity contribution >= 4 is 5.91 Å². The van der Waals surface area contributed by atoms with Crippen LogP contribution in [0.3, 0.4) is 0 Å². The quantitative estimate of drug-likeness (QED) is 0.902. The number of carbonyl (C=O) groups is 1. The topological polar surface area (TPSA) is 73.3 Å². The van der Waals surface area contributed by atoms with Crippen molar-refractivity contribution in [3.05, 3.63) is 48.0 Å². The summed E-state index contributed by atoms with van der Waals surface area (Å²) in [6, 6.07) is 5.64. The number of benzene rings is 1. The Balaban J connectivity index is 1.48. The second kappa shape index (κ2) is 7.92. The van der Waals surface area contributed by atoms with E-state index in [4.69, 9.17) is 9.47 Å². The fourth-order valence-electron chi connectivity index (χ4n) is 2.85. The molecule has 0 aliphatic heterocycles. The van der Waals surface area contributed by atoms with Crippen molar-refractivity contribution in [2.45, 2.75) is 37.8 Å². The molecule has 6 nitrogen and oxygen atoms in total. The van der Waals surface area contributed by atoms with Crippen molar-refractivity contribution in [1.29, 1.82) is 0 Å². The number of nitrogens with zero attached hydrogens (tertiary/aromatic N) is 2. The van der Waals surface area contributed by atoms with Crippen molar-refractivity contribution in [3.63, 3.8) is 0 Å². The number of amides is 1. The van der Waals surface area contributed by atoms with Crippen LogP contribution in [0.15, 0.2) is 36.7 Å². The van der Waals surface area contributed by atoms with Crippen molar-refractivity contribution in [2.75, 3.05) is 7.11 Å². The Morgan fingerprint density at radius 3 is 2.48 bits per heavy atom. The van der Waals surface area contributed by atoms with Gasteiger partial charge in [-0.05, 0) is 49.9 Å². The van der Waals surface area contributed by atoms with Crippen molar-refractivity contribution in [1.82, 2.24) is 15.3 Å². The van der Waals surface area contributed by atoms with Crippen molar-refractivity contribution in [2.24, 2.45) is 0 Å². The molecule has 1 aromatic heterocycles. The first-order valence-electron chi connectivity index (χ1n) is 8.23. The number of methoxy groups -OCH3 is 1. The first-order chi connectivity index (χ1) is 12.1. The minimum absolute atomic E-state index is 0.0420.